The van der Waals surface area contributed by atoms with Gasteiger partial charge in [-0.3, -0.25) is 39.1 Å². The molecular weight excluding hydrogens is 803 g/mol. The predicted molar refractivity (Wildman–Crippen MR) is 235 cm³/mol. The molecule has 2 aromatic carbocycles. The van der Waals surface area contributed by atoms with Crippen molar-refractivity contribution in [1.82, 2.24) is 39.4 Å². The minimum atomic E-state index is -1.01. The number of carbonyl (C=O) groups excluding carboxylic acids is 4. The number of amides is 4. The van der Waals surface area contributed by atoms with E-state index in [9.17, 15) is 29.1 Å². The Labute approximate surface area is 363 Å². The number of anilines is 4. The van der Waals surface area contributed by atoms with Gasteiger partial charge in [0.25, 0.3) is 17.4 Å². The Kier molecular flexibility index (Phi) is 10.2. The van der Waals surface area contributed by atoms with Crippen LogP contribution < -0.4 is 26.0 Å². The number of nitrogens with zero attached hydrogens (tertiary/aromatic N) is 9. The maximum atomic E-state index is 13.7. The highest BCUT2D eigenvalue weighted by molar-refractivity contribution is 6.25. The van der Waals surface area contributed by atoms with Crippen molar-refractivity contribution in [3.63, 3.8) is 0 Å². The maximum absolute atomic E-state index is 13.7. The summed E-state index contributed by atoms with van der Waals surface area (Å²) in [5.74, 6) is -1.15. The SMILES string of the molecule is C=CCn1c(=O)c2cnc(Nc3ccc(N4CCN(C5CCN(c6cccc7c6C(=O)N(C6CCC(=O)NC6=O)C7=O)CC5)CC4)cc3)nc2n1-c1ccc2c(n1)[C@@](O)(CC)CC2. The molecule has 4 amide bonds. The van der Waals surface area contributed by atoms with Gasteiger partial charge in [0.2, 0.25) is 17.8 Å². The molecule has 3 N–H and O–H groups in total. The molecule has 7 heterocycles. The smallest absolute Gasteiger partial charge is 0.278 e. The Morgan fingerprint density at radius 1 is 0.889 bits per heavy atom. The van der Waals surface area contributed by atoms with Crippen LogP contribution in [-0.2, 0) is 28.2 Å². The number of aromatic nitrogens is 5. The van der Waals surface area contributed by atoms with Gasteiger partial charge >= 0.3 is 0 Å². The first-order valence-electron chi connectivity index (χ1n) is 21.8. The third kappa shape index (κ3) is 6.95. The lowest BCUT2D eigenvalue weighted by Gasteiger charge is -2.44. The zero-order valence-corrected chi connectivity index (χ0v) is 35.1. The van der Waals surface area contributed by atoms with E-state index in [0.29, 0.717) is 58.5 Å². The van der Waals surface area contributed by atoms with Gasteiger partial charge in [0.1, 0.15) is 17.0 Å². The zero-order chi connectivity index (χ0) is 43.6. The highest BCUT2D eigenvalue weighted by Crippen LogP contribution is 2.39. The number of fused-ring (bicyclic) bond motifs is 3. The van der Waals surface area contributed by atoms with E-state index in [-0.39, 0.29) is 24.9 Å². The number of hydrogen-bond acceptors (Lipinski definition) is 13. The molecule has 5 aliphatic rings. The number of rotatable bonds is 10. The lowest BCUT2D eigenvalue weighted by molar-refractivity contribution is -0.136. The van der Waals surface area contributed by atoms with Gasteiger partial charge < -0.3 is 20.2 Å². The second-order valence-corrected chi connectivity index (χ2v) is 17.0. The molecule has 0 radical (unpaired) electrons. The van der Waals surface area contributed by atoms with Crippen molar-refractivity contribution >= 4 is 57.7 Å². The number of hydrogen-bond donors (Lipinski definition) is 3. The number of piperazine rings is 1. The van der Waals surface area contributed by atoms with Crippen LogP contribution in [-0.4, -0.2) is 114 Å². The highest BCUT2D eigenvalue weighted by atomic mass is 16.3. The van der Waals surface area contributed by atoms with Crippen LogP contribution in [0.5, 0.6) is 0 Å². The number of carbonyl (C=O) groups is 4. The molecule has 2 atom stereocenters. The summed E-state index contributed by atoms with van der Waals surface area (Å²) < 4.78 is 3.22. The zero-order valence-electron chi connectivity index (χ0n) is 35.1. The molecule has 1 aliphatic carbocycles. The van der Waals surface area contributed by atoms with Crippen LogP contribution in [0.2, 0.25) is 0 Å². The molecule has 1 unspecified atom stereocenters. The molecular formula is C46H49N11O6. The summed E-state index contributed by atoms with van der Waals surface area (Å²) in [6.07, 6.45) is 7.13. The summed E-state index contributed by atoms with van der Waals surface area (Å²) in [6.45, 7) is 11.1. The molecule has 4 aliphatic heterocycles. The first-order chi connectivity index (χ1) is 30.5. The Hall–Kier alpha value is -6.72. The van der Waals surface area contributed by atoms with Crippen LogP contribution in [0.4, 0.5) is 23.0 Å². The van der Waals surface area contributed by atoms with Gasteiger partial charge in [-0.15, -0.1) is 6.58 Å². The van der Waals surface area contributed by atoms with Crippen molar-refractivity contribution in [1.29, 1.82) is 0 Å². The van der Waals surface area contributed by atoms with Gasteiger partial charge in [-0.25, -0.2) is 19.3 Å². The fourth-order valence-corrected chi connectivity index (χ4v) is 10.1. The molecule has 0 bridgehead atoms. The first kappa shape index (κ1) is 40.4. The number of allylic oxidation sites excluding steroid dienone is 1. The maximum Gasteiger partial charge on any atom is 0.278 e. The number of aliphatic hydroxyl groups is 1. The van der Waals surface area contributed by atoms with Crippen molar-refractivity contribution in [2.24, 2.45) is 0 Å². The normalized spacial score (nSPS) is 21.9. The summed E-state index contributed by atoms with van der Waals surface area (Å²) in [4.78, 5) is 87.3. The van der Waals surface area contributed by atoms with Crippen molar-refractivity contribution in [3.8, 4) is 5.82 Å². The van der Waals surface area contributed by atoms with Gasteiger partial charge in [0.05, 0.1) is 29.1 Å². The molecule has 324 valence electrons. The van der Waals surface area contributed by atoms with Crippen LogP contribution in [0.15, 0.2) is 78.2 Å². The van der Waals surface area contributed by atoms with Crippen LogP contribution >= 0.6 is 0 Å². The average Bonchev–Trinajstić information content (AvgIpc) is 3.88. The Bertz CT molecular complexity index is 2750. The summed E-state index contributed by atoms with van der Waals surface area (Å²) in [6, 6.07) is 16.7. The van der Waals surface area contributed by atoms with Gasteiger partial charge in [0.15, 0.2) is 11.5 Å². The molecule has 0 spiro atoms. The number of benzene rings is 2. The largest absolute Gasteiger partial charge is 0.384 e. The van der Waals surface area contributed by atoms with E-state index in [1.807, 2.05) is 37.3 Å². The summed E-state index contributed by atoms with van der Waals surface area (Å²) in [5.41, 5.74) is 4.06. The number of imide groups is 2. The van der Waals surface area contributed by atoms with Crippen LogP contribution in [0.3, 0.4) is 0 Å². The minimum absolute atomic E-state index is 0.0826. The Morgan fingerprint density at radius 3 is 2.40 bits per heavy atom. The third-order valence-electron chi connectivity index (χ3n) is 13.6. The van der Waals surface area contributed by atoms with E-state index in [2.05, 4.69) is 49.0 Å². The van der Waals surface area contributed by atoms with E-state index in [0.717, 1.165) is 86.1 Å². The van der Waals surface area contributed by atoms with E-state index >= 15 is 0 Å². The van der Waals surface area contributed by atoms with Gasteiger partial charge in [-0.05, 0) is 86.6 Å². The predicted octanol–water partition coefficient (Wildman–Crippen LogP) is 3.64. The second-order valence-electron chi connectivity index (χ2n) is 17.0. The molecule has 0 saturated carbocycles. The summed E-state index contributed by atoms with van der Waals surface area (Å²) in [7, 11) is 0. The number of nitrogens with one attached hydrogen (secondary N) is 2. The first-order valence-corrected chi connectivity index (χ1v) is 21.8. The molecule has 3 saturated heterocycles. The van der Waals surface area contributed by atoms with E-state index in [1.165, 1.54) is 10.9 Å². The van der Waals surface area contributed by atoms with Crippen LogP contribution in [0.1, 0.15) is 77.4 Å². The fourth-order valence-electron chi connectivity index (χ4n) is 10.1. The lowest BCUT2D eigenvalue weighted by atomic mass is 9.98. The number of piperidine rings is 2. The monoisotopic (exact) mass is 851 g/mol. The third-order valence-corrected chi connectivity index (χ3v) is 13.6. The quantitative estimate of drug-likeness (QED) is 0.137. The fraction of sp³-hybridized carbons (Fsp3) is 0.391. The van der Waals surface area contributed by atoms with E-state index in [1.54, 1.807) is 22.9 Å². The number of pyridine rings is 1. The van der Waals surface area contributed by atoms with Gasteiger partial charge in [0, 0.05) is 69.3 Å². The van der Waals surface area contributed by atoms with Gasteiger partial charge in [-0.2, -0.15) is 4.98 Å². The van der Waals surface area contributed by atoms with Crippen LogP contribution in [0, 0.1) is 0 Å². The highest BCUT2D eigenvalue weighted by Gasteiger charge is 2.46. The average molecular weight is 852 g/mol. The molecule has 10 rings (SSSR count). The van der Waals surface area contributed by atoms with E-state index in [4.69, 9.17) is 9.97 Å². The number of aryl methyl sites for hydroxylation is 1. The van der Waals surface area contributed by atoms with E-state index < -0.39 is 35.3 Å². The Morgan fingerprint density at radius 2 is 1.67 bits per heavy atom. The van der Waals surface area contributed by atoms with Crippen LogP contribution in [0.25, 0.3) is 16.9 Å². The lowest BCUT2D eigenvalue weighted by Crippen LogP contribution is -2.54. The molecule has 3 aromatic heterocycles. The molecule has 3 fully saturated rings. The standard InChI is InChI=1S/C46H49N11O6/c1-3-20-55-42(60)33-27-47-45(51-40(33)57(55)36-14-8-28-16-19-46(63,4-2)39(28)49-36)48-29-9-11-30(12-10-29)52-23-25-53(26-24-52)31-17-21-54(22-18-31)34-7-5-6-32-38(34)44(62)56(43(32)61)35-13-15-37(58)50-41(35)59/h3,5-12,14,27,31,35,63H,1,4,13,15-26H2,2H3,(H,47,48,51)(H,50,58,59)/t35?,46-/m1/s1. The van der Waals surface area contributed by atoms with Gasteiger partial charge in [-0.1, -0.05) is 25.1 Å². The molecule has 5 aromatic rings. The second kappa shape index (κ2) is 15.9. The minimum Gasteiger partial charge on any atom is -0.384 e. The molecule has 63 heavy (non-hydrogen) atoms. The van der Waals surface area contributed by atoms with Crippen molar-refractivity contribution in [3.05, 3.63) is 106 Å². The van der Waals surface area contributed by atoms with Crippen molar-refractivity contribution in [2.75, 3.05) is 54.4 Å². The molecule has 17 nitrogen and oxygen atoms in total. The summed E-state index contributed by atoms with van der Waals surface area (Å²) in [5, 5.41) is 17.2. The van der Waals surface area contributed by atoms with Crippen molar-refractivity contribution in [2.45, 2.75) is 76.1 Å². The Balaban J connectivity index is 0.773. The van der Waals surface area contributed by atoms with Crippen molar-refractivity contribution < 1.29 is 24.3 Å². The topological polar surface area (TPSA) is 191 Å². The summed E-state index contributed by atoms with van der Waals surface area (Å²) >= 11 is 0. The molecule has 17 heteroatoms.